The van der Waals surface area contributed by atoms with E-state index in [9.17, 15) is 0 Å². The van der Waals surface area contributed by atoms with Crippen molar-refractivity contribution in [2.45, 2.75) is 20.4 Å². The first-order valence-electron chi connectivity index (χ1n) is 4.24. The Morgan fingerprint density at radius 1 is 1.14 bits per heavy atom. The van der Waals surface area contributed by atoms with E-state index in [4.69, 9.17) is 5.73 Å². The number of benzene rings is 1. The summed E-state index contributed by atoms with van der Waals surface area (Å²) in [5.41, 5.74) is 8.73. The SMILES string of the molecule is C.C[NH-].[Ac].c1ccc2c(c1)CCNC2. The molecule has 1 heterocycles. The van der Waals surface area contributed by atoms with E-state index < -0.39 is 0 Å². The number of fused-ring (bicyclic) bond motifs is 1. The van der Waals surface area contributed by atoms with Crippen LogP contribution in [0.1, 0.15) is 18.6 Å². The van der Waals surface area contributed by atoms with E-state index in [-0.39, 0.29) is 51.5 Å². The van der Waals surface area contributed by atoms with Crippen molar-refractivity contribution in [1.82, 2.24) is 5.32 Å². The van der Waals surface area contributed by atoms with Crippen LogP contribution in [-0.2, 0) is 13.0 Å². The van der Waals surface area contributed by atoms with Crippen LogP contribution >= 0.6 is 0 Å². The fourth-order valence-electron chi connectivity index (χ4n) is 1.42. The van der Waals surface area contributed by atoms with Crippen molar-refractivity contribution in [3.05, 3.63) is 41.1 Å². The van der Waals surface area contributed by atoms with Crippen LogP contribution in [0.5, 0.6) is 0 Å². The predicted molar refractivity (Wildman–Crippen MR) is 58.8 cm³/mol. The average Bonchev–Trinajstić information content (AvgIpc) is 2.21. The molecule has 2 N–H and O–H groups in total. The Kier molecular flexibility index (Phi) is 12.3. The van der Waals surface area contributed by atoms with Gasteiger partial charge in [-0.15, -0.1) is 0 Å². The summed E-state index contributed by atoms with van der Waals surface area (Å²) >= 11 is 0. The number of rotatable bonds is 0. The van der Waals surface area contributed by atoms with Crippen LogP contribution < -0.4 is 5.32 Å². The van der Waals surface area contributed by atoms with Crippen LogP contribution in [0.2, 0.25) is 0 Å². The summed E-state index contributed by atoms with van der Waals surface area (Å²) in [4.78, 5) is 0. The Morgan fingerprint density at radius 2 is 1.71 bits per heavy atom. The van der Waals surface area contributed by atoms with Gasteiger partial charge in [0.2, 0.25) is 0 Å². The summed E-state index contributed by atoms with van der Waals surface area (Å²) in [7, 11) is 1.25. The molecule has 0 saturated carbocycles. The average molecular weight is 406 g/mol. The van der Waals surface area contributed by atoms with Gasteiger partial charge in [0.15, 0.2) is 0 Å². The second-order valence-corrected chi connectivity index (χ2v) is 2.70. The second-order valence-electron chi connectivity index (χ2n) is 2.70. The molecular formula is C11H19AcN2-. The second kappa shape index (κ2) is 10.1. The predicted octanol–water partition coefficient (Wildman–Crippen LogP) is 2.64. The number of hydrogen-bond acceptors (Lipinski definition) is 1. The van der Waals surface area contributed by atoms with Crippen molar-refractivity contribution in [2.75, 3.05) is 13.6 Å². The molecule has 0 unspecified atom stereocenters. The van der Waals surface area contributed by atoms with Crippen LogP contribution in [0.15, 0.2) is 24.3 Å². The zero-order valence-corrected chi connectivity index (χ0v) is 12.8. The van der Waals surface area contributed by atoms with Gasteiger partial charge >= 0.3 is 0 Å². The molecule has 2 nitrogen and oxygen atoms in total. The molecule has 1 aliphatic heterocycles. The van der Waals surface area contributed by atoms with Crippen molar-refractivity contribution in [2.24, 2.45) is 0 Å². The van der Waals surface area contributed by atoms with Crippen LogP contribution in [0.3, 0.4) is 0 Å². The minimum atomic E-state index is 0. The molecule has 0 aliphatic carbocycles. The monoisotopic (exact) mass is 406 g/mol. The van der Waals surface area contributed by atoms with Crippen molar-refractivity contribution < 1.29 is 44.1 Å². The summed E-state index contributed by atoms with van der Waals surface area (Å²) in [6.45, 7) is 2.19. The first-order chi connectivity index (χ1) is 5.97. The van der Waals surface area contributed by atoms with E-state index in [0.717, 1.165) is 13.1 Å². The van der Waals surface area contributed by atoms with Gasteiger partial charge in [0.05, 0.1) is 0 Å². The molecule has 0 amide bonds. The Hall–Kier alpha value is 0.582. The topological polar surface area (TPSA) is 35.8 Å². The first kappa shape index (κ1) is 17.0. The zero-order valence-electron chi connectivity index (χ0n) is 8.01. The molecule has 0 spiro atoms. The molecule has 0 bridgehead atoms. The van der Waals surface area contributed by atoms with Gasteiger partial charge < -0.3 is 11.1 Å². The fourth-order valence-corrected chi connectivity index (χ4v) is 1.42. The summed E-state index contributed by atoms with van der Waals surface area (Å²) in [6.07, 6.45) is 1.19. The van der Waals surface area contributed by atoms with Crippen LogP contribution in [0, 0.1) is 44.1 Å². The molecule has 3 heteroatoms. The molecule has 1 radical (unpaired) electrons. The molecule has 14 heavy (non-hydrogen) atoms. The van der Waals surface area contributed by atoms with Gasteiger partial charge in [-0.2, -0.15) is 7.05 Å². The number of nitrogens with one attached hydrogen (secondary N) is 2. The summed E-state index contributed by atoms with van der Waals surface area (Å²) < 4.78 is 0. The Labute approximate surface area is 123 Å². The minimum Gasteiger partial charge on any atom is -0.680 e. The largest absolute Gasteiger partial charge is 0.680 e. The molecule has 1 aliphatic rings. The van der Waals surface area contributed by atoms with Gasteiger partial charge in [-0.3, -0.25) is 0 Å². The van der Waals surface area contributed by atoms with E-state index in [1.807, 2.05) is 0 Å². The van der Waals surface area contributed by atoms with Crippen LogP contribution in [0.4, 0.5) is 0 Å². The third-order valence-corrected chi connectivity index (χ3v) is 2.00. The summed E-state index contributed by atoms with van der Waals surface area (Å²) in [6, 6.07) is 8.63. The summed E-state index contributed by atoms with van der Waals surface area (Å²) in [5.74, 6) is 0. The normalized spacial score (nSPS) is 12.1. The van der Waals surface area contributed by atoms with Crippen molar-refractivity contribution >= 4 is 0 Å². The maximum atomic E-state index is 5.75. The van der Waals surface area contributed by atoms with E-state index in [1.165, 1.54) is 24.6 Å². The Morgan fingerprint density at radius 3 is 2.29 bits per heavy atom. The molecule has 0 fully saturated rings. The molecule has 0 aromatic heterocycles. The Balaban J connectivity index is 0. The zero-order chi connectivity index (χ0) is 8.81. The van der Waals surface area contributed by atoms with Gasteiger partial charge in [0.25, 0.3) is 0 Å². The first-order valence-corrected chi connectivity index (χ1v) is 4.24. The molecule has 77 valence electrons. The van der Waals surface area contributed by atoms with Crippen LogP contribution in [0.25, 0.3) is 5.73 Å². The van der Waals surface area contributed by atoms with Crippen LogP contribution in [-0.4, -0.2) is 13.6 Å². The molecule has 2 rings (SSSR count). The maximum Gasteiger partial charge on any atom is 0.0208 e. The smallest absolute Gasteiger partial charge is 0.0208 e. The van der Waals surface area contributed by atoms with Gasteiger partial charge in [-0.25, -0.2) is 0 Å². The molecular weight excluding hydrogens is 387 g/mol. The van der Waals surface area contributed by atoms with E-state index >= 15 is 0 Å². The third-order valence-electron chi connectivity index (χ3n) is 2.00. The molecule has 1 aromatic carbocycles. The quantitative estimate of drug-likeness (QED) is 0.707. The van der Waals surface area contributed by atoms with Crippen molar-refractivity contribution in [1.29, 1.82) is 0 Å². The minimum absolute atomic E-state index is 0. The maximum absolute atomic E-state index is 5.75. The molecule has 1 aromatic rings. The van der Waals surface area contributed by atoms with E-state index in [2.05, 4.69) is 29.6 Å². The summed E-state index contributed by atoms with van der Waals surface area (Å²) in [5, 5.41) is 3.34. The Bertz CT molecular complexity index is 213. The molecule has 0 saturated heterocycles. The van der Waals surface area contributed by atoms with Gasteiger partial charge in [0.1, 0.15) is 0 Å². The van der Waals surface area contributed by atoms with Gasteiger partial charge in [0, 0.05) is 50.6 Å². The van der Waals surface area contributed by atoms with Crippen molar-refractivity contribution in [3.63, 3.8) is 0 Å². The fraction of sp³-hybridized carbons (Fsp3) is 0.455. The third kappa shape index (κ3) is 4.89. The molecule has 0 atom stereocenters. The van der Waals surface area contributed by atoms with E-state index in [1.54, 1.807) is 0 Å². The van der Waals surface area contributed by atoms with Gasteiger partial charge in [-0.05, 0) is 24.1 Å². The van der Waals surface area contributed by atoms with E-state index in [0.29, 0.717) is 0 Å². The van der Waals surface area contributed by atoms with Gasteiger partial charge in [-0.1, -0.05) is 31.7 Å². The van der Waals surface area contributed by atoms with Crippen molar-refractivity contribution in [3.8, 4) is 0 Å². The number of hydrogen-bond donors (Lipinski definition) is 1. The standard InChI is InChI=1S/C9H11N.CH4N.CH4.Ac/c1-2-4-9-7-10-6-5-8(9)3-1;1-2;;/h1-4,10H,5-7H2;2H,1H3;1H4;/q;-1;;.